The molecule has 0 spiro atoms. The third-order valence-corrected chi connectivity index (χ3v) is 9.39. The summed E-state index contributed by atoms with van der Waals surface area (Å²) in [6.45, 7) is 2.60. The molecular formula is C39H33N3O5S. The predicted molar refractivity (Wildman–Crippen MR) is 188 cm³/mol. The molecule has 0 unspecified atom stereocenters. The van der Waals surface area contributed by atoms with Gasteiger partial charge in [0.1, 0.15) is 6.04 Å². The summed E-state index contributed by atoms with van der Waals surface area (Å²) in [5.74, 6) is 0.331. The number of benzene rings is 4. The van der Waals surface area contributed by atoms with Crippen LogP contribution >= 0.6 is 11.3 Å². The minimum Gasteiger partial charge on any atom is -0.493 e. The van der Waals surface area contributed by atoms with Gasteiger partial charge in [0.2, 0.25) is 0 Å². The van der Waals surface area contributed by atoms with Crippen molar-refractivity contribution in [2.75, 3.05) is 20.8 Å². The number of hydrogen-bond acceptors (Lipinski definition) is 7. The van der Waals surface area contributed by atoms with Crippen LogP contribution in [0.1, 0.15) is 35.2 Å². The van der Waals surface area contributed by atoms with E-state index in [9.17, 15) is 9.59 Å². The summed E-state index contributed by atoms with van der Waals surface area (Å²) in [7, 11) is 3.10. The van der Waals surface area contributed by atoms with Gasteiger partial charge in [0.25, 0.3) is 5.56 Å². The van der Waals surface area contributed by atoms with Crippen molar-refractivity contribution in [2.45, 2.75) is 19.5 Å². The predicted octanol–water partition coefficient (Wildman–Crippen LogP) is 5.96. The van der Waals surface area contributed by atoms with Crippen LogP contribution in [0, 0.1) is 0 Å². The van der Waals surface area contributed by atoms with Crippen LogP contribution in [-0.4, -0.2) is 35.9 Å². The molecule has 4 aromatic carbocycles. The first-order chi connectivity index (χ1) is 23.5. The maximum atomic E-state index is 14.6. The van der Waals surface area contributed by atoms with Gasteiger partial charge in [-0.25, -0.2) is 9.79 Å². The molecule has 1 atom stereocenters. The van der Waals surface area contributed by atoms with Crippen LogP contribution in [0.3, 0.4) is 0 Å². The maximum absolute atomic E-state index is 14.6. The van der Waals surface area contributed by atoms with E-state index in [0.717, 1.165) is 22.0 Å². The number of nitrogens with zero attached hydrogens (tertiary/aromatic N) is 3. The van der Waals surface area contributed by atoms with Gasteiger partial charge in [-0.05, 0) is 30.7 Å². The van der Waals surface area contributed by atoms with Crippen LogP contribution in [0.25, 0.3) is 22.7 Å². The van der Waals surface area contributed by atoms with Crippen LogP contribution < -0.4 is 24.4 Å². The van der Waals surface area contributed by atoms with E-state index in [-0.39, 0.29) is 17.7 Å². The van der Waals surface area contributed by atoms with Crippen LogP contribution in [0.2, 0.25) is 0 Å². The fourth-order valence-corrected chi connectivity index (χ4v) is 7.30. The summed E-state index contributed by atoms with van der Waals surface area (Å²) in [6, 6.07) is 32.5. The van der Waals surface area contributed by atoms with Crippen molar-refractivity contribution >= 4 is 40.0 Å². The van der Waals surface area contributed by atoms with E-state index in [1.54, 1.807) is 31.8 Å². The Kier molecular flexibility index (Phi) is 8.52. The van der Waals surface area contributed by atoms with E-state index in [0.29, 0.717) is 38.6 Å². The molecule has 1 aliphatic rings. The van der Waals surface area contributed by atoms with E-state index in [1.807, 2.05) is 78.9 Å². The van der Waals surface area contributed by atoms with Gasteiger partial charge in [-0.2, -0.15) is 0 Å². The third-order valence-electron chi connectivity index (χ3n) is 8.40. The number of thiazole rings is 1. The van der Waals surface area contributed by atoms with Crippen molar-refractivity contribution in [3.8, 4) is 11.5 Å². The molecule has 9 heteroatoms. The van der Waals surface area contributed by atoms with Crippen molar-refractivity contribution in [1.29, 1.82) is 0 Å². The third kappa shape index (κ3) is 5.52. The average molecular weight is 656 g/mol. The highest BCUT2D eigenvalue weighted by Gasteiger charge is 2.37. The van der Waals surface area contributed by atoms with Crippen molar-refractivity contribution in [3.05, 3.63) is 157 Å². The largest absolute Gasteiger partial charge is 0.493 e. The molecule has 0 saturated heterocycles. The van der Waals surface area contributed by atoms with E-state index in [4.69, 9.17) is 19.2 Å². The lowest BCUT2D eigenvalue weighted by Gasteiger charge is -2.27. The zero-order chi connectivity index (χ0) is 33.2. The van der Waals surface area contributed by atoms with E-state index < -0.39 is 12.0 Å². The molecule has 6 aromatic rings. The molecule has 7 rings (SSSR count). The highest BCUT2D eigenvalue weighted by atomic mass is 32.1. The van der Waals surface area contributed by atoms with Gasteiger partial charge in [-0.3, -0.25) is 9.36 Å². The van der Waals surface area contributed by atoms with Gasteiger partial charge in [-0.1, -0.05) is 102 Å². The number of carbonyl (C=O) groups excluding carboxylic acids is 1. The second-order valence-electron chi connectivity index (χ2n) is 11.2. The van der Waals surface area contributed by atoms with Gasteiger partial charge in [0.15, 0.2) is 16.3 Å². The molecule has 0 amide bonds. The normalized spacial score (nSPS) is 14.5. The fourth-order valence-electron chi connectivity index (χ4n) is 6.30. The number of para-hydroxylation sites is 2. The smallest absolute Gasteiger partial charge is 0.338 e. The highest BCUT2D eigenvalue weighted by Crippen LogP contribution is 2.42. The first-order valence-corrected chi connectivity index (χ1v) is 16.4. The highest BCUT2D eigenvalue weighted by molar-refractivity contribution is 7.07. The lowest BCUT2D eigenvalue weighted by atomic mass is 9.92. The Morgan fingerprint density at radius 1 is 0.896 bits per heavy atom. The lowest BCUT2D eigenvalue weighted by molar-refractivity contribution is -0.138. The molecule has 0 aliphatic carbocycles. The Morgan fingerprint density at radius 2 is 1.62 bits per heavy atom. The number of hydrogen-bond donors (Lipinski definition) is 0. The first-order valence-electron chi connectivity index (χ1n) is 15.6. The molecule has 0 N–H and O–H groups in total. The SMILES string of the molecule is CCOC(=O)C1=C(c2ccccc2)N=c2s/c(=C\c3cn(Cc4ccccc4)c4ccccc34)c(=O)n2[C@@H]1c1cccc(OC)c1OC. The first kappa shape index (κ1) is 31.0. The van der Waals surface area contributed by atoms with Crippen LogP contribution in [0.15, 0.2) is 125 Å². The Morgan fingerprint density at radius 3 is 2.35 bits per heavy atom. The Labute approximate surface area is 281 Å². The van der Waals surface area contributed by atoms with Crippen LogP contribution in [0.4, 0.5) is 0 Å². The van der Waals surface area contributed by atoms with Crippen molar-refractivity contribution in [1.82, 2.24) is 9.13 Å². The second kappa shape index (κ2) is 13.2. The summed E-state index contributed by atoms with van der Waals surface area (Å²) in [5.41, 5.74) is 4.87. The monoisotopic (exact) mass is 655 g/mol. The van der Waals surface area contributed by atoms with Crippen molar-refractivity contribution < 1.29 is 19.0 Å². The summed E-state index contributed by atoms with van der Waals surface area (Å²) >= 11 is 1.29. The molecule has 48 heavy (non-hydrogen) atoms. The van der Waals surface area contributed by atoms with Crippen molar-refractivity contribution in [3.63, 3.8) is 0 Å². The summed E-state index contributed by atoms with van der Waals surface area (Å²) in [4.78, 5) is 33.9. The van der Waals surface area contributed by atoms with Gasteiger partial charge in [0.05, 0.1) is 36.6 Å². The zero-order valence-corrected chi connectivity index (χ0v) is 27.6. The van der Waals surface area contributed by atoms with Crippen LogP contribution in [-0.2, 0) is 16.1 Å². The quantitative estimate of drug-likeness (QED) is 0.180. The topological polar surface area (TPSA) is 84.1 Å². The van der Waals surface area contributed by atoms with Gasteiger partial charge in [0, 0.05) is 40.3 Å². The Hall–Kier alpha value is -5.67. The molecule has 2 aromatic heterocycles. The van der Waals surface area contributed by atoms with Gasteiger partial charge < -0.3 is 18.8 Å². The molecule has 0 fully saturated rings. The summed E-state index contributed by atoms with van der Waals surface area (Å²) in [5, 5.41) is 1.03. The summed E-state index contributed by atoms with van der Waals surface area (Å²) < 4.78 is 21.4. The number of rotatable bonds is 9. The molecule has 0 saturated carbocycles. The van der Waals surface area contributed by atoms with Gasteiger partial charge >= 0.3 is 5.97 Å². The summed E-state index contributed by atoms with van der Waals surface area (Å²) in [6.07, 6.45) is 4.00. The molecular weight excluding hydrogens is 623 g/mol. The number of fused-ring (bicyclic) bond motifs is 2. The molecule has 3 heterocycles. The molecule has 1 aliphatic heterocycles. The molecule has 240 valence electrons. The number of methoxy groups -OCH3 is 2. The van der Waals surface area contributed by atoms with Crippen LogP contribution in [0.5, 0.6) is 11.5 Å². The Bertz CT molecular complexity index is 2350. The van der Waals surface area contributed by atoms with E-state index >= 15 is 0 Å². The molecule has 8 nitrogen and oxygen atoms in total. The Balaban J connectivity index is 1.49. The maximum Gasteiger partial charge on any atom is 0.338 e. The molecule has 0 radical (unpaired) electrons. The van der Waals surface area contributed by atoms with Gasteiger partial charge in [-0.15, -0.1) is 0 Å². The lowest BCUT2D eigenvalue weighted by Crippen LogP contribution is -2.40. The minimum atomic E-state index is -0.901. The van der Waals surface area contributed by atoms with E-state index in [1.165, 1.54) is 16.9 Å². The number of esters is 1. The fraction of sp³-hybridized carbons (Fsp3) is 0.154. The zero-order valence-electron chi connectivity index (χ0n) is 26.8. The number of carbonyl (C=O) groups is 1. The van der Waals surface area contributed by atoms with Crippen molar-refractivity contribution in [2.24, 2.45) is 4.99 Å². The van der Waals surface area contributed by atoms with E-state index in [2.05, 4.69) is 35.0 Å². The number of ether oxygens (including phenoxy) is 3. The standard InChI is InChI=1S/C39H33N3O5S/c1-4-47-38(44)33-34(26-16-9-6-10-17-26)40-39-42(35(33)29-19-13-21-31(45-2)36(29)46-3)37(43)32(48-39)22-27-24-41(23-25-14-7-5-8-15-25)30-20-12-11-18-28(27)30/h5-22,24,35H,4,23H2,1-3H3/b32-22-/t35-/m1/s1. The molecule has 0 bridgehead atoms. The minimum absolute atomic E-state index is 0.157. The average Bonchev–Trinajstić information content (AvgIpc) is 3.63. The second-order valence-corrected chi connectivity index (χ2v) is 12.2. The number of aromatic nitrogens is 2.